The highest BCUT2D eigenvalue weighted by Gasteiger charge is 2.18. The first-order chi connectivity index (χ1) is 15.0. The lowest BCUT2D eigenvalue weighted by atomic mass is 10.1. The van der Waals surface area contributed by atoms with E-state index in [2.05, 4.69) is 15.1 Å². The topological polar surface area (TPSA) is 104 Å². The van der Waals surface area contributed by atoms with E-state index in [1.807, 2.05) is 32.0 Å². The largest absolute Gasteiger partial charge is 0.465 e. The van der Waals surface area contributed by atoms with Crippen molar-refractivity contribution in [3.05, 3.63) is 94.3 Å². The molecule has 2 N–H and O–H groups in total. The van der Waals surface area contributed by atoms with E-state index in [4.69, 9.17) is 0 Å². The highest BCUT2D eigenvalue weighted by Crippen LogP contribution is 2.24. The third kappa shape index (κ3) is 3.95. The predicted octanol–water partition coefficient (Wildman–Crippen LogP) is 3.92. The minimum atomic E-state index is -1.04. The first-order valence-corrected chi connectivity index (χ1v) is 9.68. The number of nitrogens with zero attached hydrogens (tertiary/aromatic N) is 4. The summed E-state index contributed by atoms with van der Waals surface area (Å²) in [6.07, 6.45) is 5.42. The molecule has 0 saturated carbocycles. The van der Waals surface area contributed by atoms with Gasteiger partial charge in [0, 0.05) is 30.4 Å². The molecule has 0 radical (unpaired) electrons. The van der Waals surface area contributed by atoms with Crippen LogP contribution in [-0.4, -0.2) is 30.9 Å². The Morgan fingerprint density at radius 1 is 1.13 bits per heavy atom. The number of nitrogens with one attached hydrogen (secondary N) is 1. The number of hydrogen-bond acceptors (Lipinski definition) is 4. The normalized spacial score (nSPS) is 10.8. The molecule has 4 rings (SSSR count). The van der Waals surface area contributed by atoms with Crippen molar-refractivity contribution in [1.82, 2.24) is 19.7 Å². The Morgan fingerprint density at radius 2 is 1.97 bits per heavy atom. The zero-order valence-corrected chi connectivity index (χ0v) is 17.1. The van der Waals surface area contributed by atoms with Gasteiger partial charge in [0.25, 0.3) is 5.56 Å². The van der Waals surface area contributed by atoms with Crippen LogP contribution in [0.3, 0.4) is 0 Å². The van der Waals surface area contributed by atoms with E-state index in [1.54, 1.807) is 49.1 Å². The number of carbonyl (C=O) groups is 1. The monoisotopic (exact) mass is 415 g/mol. The summed E-state index contributed by atoms with van der Waals surface area (Å²) in [6, 6.07) is 12.6. The number of aryl methyl sites for hydroxylation is 1. The van der Waals surface area contributed by atoms with E-state index < -0.39 is 6.09 Å². The van der Waals surface area contributed by atoms with Crippen LogP contribution >= 0.6 is 0 Å². The molecule has 3 heterocycles. The molecule has 0 fully saturated rings. The third-order valence-corrected chi connectivity index (χ3v) is 5.22. The Labute approximate surface area is 178 Å². The molecule has 0 bridgehead atoms. The molecule has 3 aromatic heterocycles. The van der Waals surface area contributed by atoms with Crippen LogP contribution in [0.25, 0.3) is 16.9 Å². The minimum absolute atomic E-state index is 0.146. The maximum atomic E-state index is 12.8. The first kappa shape index (κ1) is 20.1. The number of rotatable bonds is 5. The summed E-state index contributed by atoms with van der Waals surface area (Å²) in [6.45, 7) is 4.00. The van der Waals surface area contributed by atoms with E-state index in [-0.39, 0.29) is 12.1 Å². The second kappa shape index (κ2) is 8.27. The van der Waals surface area contributed by atoms with Crippen molar-refractivity contribution in [2.24, 2.45) is 0 Å². The molecule has 0 atom stereocenters. The van der Waals surface area contributed by atoms with Crippen molar-refractivity contribution in [2.75, 3.05) is 4.90 Å². The van der Waals surface area contributed by atoms with Gasteiger partial charge in [-0.3, -0.25) is 19.8 Å². The van der Waals surface area contributed by atoms with Gasteiger partial charge in [0.1, 0.15) is 0 Å². The van der Waals surface area contributed by atoms with Crippen LogP contribution in [0.1, 0.15) is 16.7 Å². The summed E-state index contributed by atoms with van der Waals surface area (Å²) >= 11 is 0. The number of aromatic nitrogens is 4. The predicted molar refractivity (Wildman–Crippen MR) is 118 cm³/mol. The second-order valence-corrected chi connectivity index (χ2v) is 7.18. The number of pyridine rings is 2. The Bertz CT molecular complexity index is 1280. The average Bonchev–Trinajstić information content (AvgIpc) is 3.16. The van der Waals surface area contributed by atoms with Crippen molar-refractivity contribution < 1.29 is 9.90 Å². The molecule has 0 unspecified atom stereocenters. The first-order valence-electron chi connectivity index (χ1n) is 9.68. The molecule has 0 saturated heterocycles. The van der Waals surface area contributed by atoms with E-state index in [0.29, 0.717) is 28.2 Å². The van der Waals surface area contributed by atoms with Gasteiger partial charge in [0.2, 0.25) is 0 Å². The fourth-order valence-corrected chi connectivity index (χ4v) is 3.38. The second-order valence-electron chi connectivity index (χ2n) is 7.18. The fourth-order valence-electron chi connectivity index (χ4n) is 3.38. The highest BCUT2D eigenvalue weighted by atomic mass is 16.4. The van der Waals surface area contributed by atoms with Gasteiger partial charge in [-0.25, -0.2) is 14.5 Å². The van der Waals surface area contributed by atoms with Crippen LogP contribution < -0.4 is 10.5 Å². The van der Waals surface area contributed by atoms with Crippen LogP contribution in [0, 0.1) is 13.8 Å². The Morgan fingerprint density at radius 3 is 2.65 bits per heavy atom. The van der Waals surface area contributed by atoms with Gasteiger partial charge < -0.3 is 5.11 Å². The summed E-state index contributed by atoms with van der Waals surface area (Å²) in [5.41, 5.74) is 4.24. The number of H-pyrrole nitrogens is 1. The molecule has 0 aliphatic carbocycles. The number of anilines is 1. The smallest absolute Gasteiger partial charge is 0.412 e. The van der Waals surface area contributed by atoms with Crippen LogP contribution in [0.2, 0.25) is 0 Å². The molecular weight excluding hydrogens is 394 g/mol. The Hall–Kier alpha value is -4.20. The lowest BCUT2D eigenvalue weighted by Crippen LogP contribution is -2.29. The number of carboxylic acid groups (broad SMARTS) is 1. The standard InChI is InChI=1S/C23H21N5O3/c1-15-5-3-7-20(16(15)2)27(23(30)31)14-17-8-9-21(25-11-17)28-22(29)19(13-26-28)18-6-4-10-24-12-18/h3-13,26H,14H2,1-2H3,(H,30,31). The molecule has 0 spiro atoms. The summed E-state index contributed by atoms with van der Waals surface area (Å²) in [5, 5.41) is 12.6. The number of hydrogen-bond donors (Lipinski definition) is 2. The van der Waals surface area contributed by atoms with Crippen LogP contribution in [0.4, 0.5) is 10.5 Å². The number of amides is 1. The molecule has 31 heavy (non-hydrogen) atoms. The van der Waals surface area contributed by atoms with Gasteiger partial charge >= 0.3 is 6.09 Å². The fraction of sp³-hybridized carbons (Fsp3) is 0.130. The maximum absolute atomic E-state index is 12.8. The van der Waals surface area contributed by atoms with Crippen LogP contribution in [-0.2, 0) is 6.54 Å². The molecule has 4 aromatic rings. The van der Waals surface area contributed by atoms with Crippen molar-refractivity contribution in [1.29, 1.82) is 0 Å². The summed E-state index contributed by atoms with van der Waals surface area (Å²) < 4.78 is 1.34. The van der Waals surface area contributed by atoms with Gasteiger partial charge in [-0.2, -0.15) is 0 Å². The lowest BCUT2D eigenvalue weighted by molar-refractivity contribution is 0.201. The summed E-state index contributed by atoms with van der Waals surface area (Å²) in [7, 11) is 0. The quantitative estimate of drug-likeness (QED) is 0.514. The van der Waals surface area contributed by atoms with Gasteiger partial charge in [-0.1, -0.05) is 24.3 Å². The molecule has 1 aromatic carbocycles. The molecule has 156 valence electrons. The molecular formula is C23H21N5O3. The zero-order valence-electron chi connectivity index (χ0n) is 17.1. The molecule has 8 heteroatoms. The van der Waals surface area contributed by atoms with E-state index in [9.17, 15) is 14.7 Å². The maximum Gasteiger partial charge on any atom is 0.412 e. The van der Waals surface area contributed by atoms with Gasteiger partial charge in [-0.05, 0) is 48.7 Å². The molecule has 0 aliphatic rings. The van der Waals surface area contributed by atoms with Crippen LogP contribution in [0.15, 0.2) is 72.0 Å². The van der Waals surface area contributed by atoms with Crippen molar-refractivity contribution in [2.45, 2.75) is 20.4 Å². The van der Waals surface area contributed by atoms with Crippen molar-refractivity contribution in [3.63, 3.8) is 0 Å². The van der Waals surface area contributed by atoms with Crippen molar-refractivity contribution >= 4 is 11.8 Å². The van der Waals surface area contributed by atoms with E-state index in [0.717, 1.165) is 11.1 Å². The third-order valence-electron chi connectivity index (χ3n) is 5.22. The average molecular weight is 415 g/mol. The number of aromatic amines is 1. The van der Waals surface area contributed by atoms with Gasteiger partial charge in [0.05, 0.1) is 17.8 Å². The van der Waals surface area contributed by atoms with E-state index >= 15 is 0 Å². The Balaban J connectivity index is 1.60. The lowest BCUT2D eigenvalue weighted by Gasteiger charge is -2.22. The van der Waals surface area contributed by atoms with Crippen molar-refractivity contribution in [3.8, 4) is 16.9 Å². The molecule has 0 aliphatic heterocycles. The van der Waals surface area contributed by atoms with Crippen LogP contribution in [0.5, 0.6) is 0 Å². The highest BCUT2D eigenvalue weighted by molar-refractivity contribution is 5.87. The van der Waals surface area contributed by atoms with Gasteiger partial charge in [0.15, 0.2) is 5.82 Å². The molecule has 1 amide bonds. The zero-order chi connectivity index (χ0) is 22.0. The summed E-state index contributed by atoms with van der Waals surface area (Å²) in [5.74, 6) is 0.414. The van der Waals surface area contributed by atoms with E-state index in [1.165, 1.54) is 9.58 Å². The SMILES string of the molecule is Cc1cccc(N(Cc2ccc(-n3[nH]cc(-c4cccnc4)c3=O)nc2)C(=O)O)c1C. The minimum Gasteiger partial charge on any atom is -0.465 e. The number of benzene rings is 1. The molecule has 8 nitrogen and oxygen atoms in total. The Kier molecular flexibility index (Phi) is 5.36. The summed E-state index contributed by atoms with van der Waals surface area (Å²) in [4.78, 5) is 34.3. The van der Waals surface area contributed by atoms with Gasteiger partial charge in [-0.15, -0.1) is 0 Å².